The van der Waals surface area contributed by atoms with Crippen molar-refractivity contribution in [1.82, 2.24) is 0 Å². The maximum absolute atomic E-state index is 12.5. The van der Waals surface area contributed by atoms with E-state index in [9.17, 15) is 9.59 Å². The van der Waals surface area contributed by atoms with E-state index in [4.69, 9.17) is 9.47 Å². The molecule has 3 aromatic carbocycles. The minimum atomic E-state index is -0.480. The van der Waals surface area contributed by atoms with Gasteiger partial charge in [-0.2, -0.15) is 0 Å². The Morgan fingerprint density at radius 1 is 1.13 bits per heavy atom. The summed E-state index contributed by atoms with van der Waals surface area (Å²) in [7, 11) is 1.31. The fraction of sp³-hybridized carbons (Fsp3) is 0.250. The standard InChI is InChI=1S/C24H22BrNO5/c1-3-30-20-10-16(18(25)12-21(20)31-13-23(28)29-2)17-11-22(27)26-19-9-8-14-6-4-5-7-15(14)24(17)19/h4-10,12,17H,3,11,13H2,1-2H3,(H,26,27)/t17-/m0/s1. The van der Waals surface area contributed by atoms with Gasteiger partial charge in [-0.05, 0) is 47.0 Å². The molecule has 7 heteroatoms. The molecule has 0 unspecified atom stereocenters. The van der Waals surface area contributed by atoms with Gasteiger partial charge in [0.2, 0.25) is 5.91 Å². The van der Waals surface area contributed by atoms with Crippen molar-refractivity contribution in [2.24, 2.45) is 0 Å². The molecule has 0 aliphatic carbocycles. The highest BCUT2D eigenvalue weighted by molar-refractivity contribution is 9.10. The molecule has 6 nitrogen and oxygen atoms in total. The van der Waals surface area contributed by atoms with Crippen molar-refractivity contribution in [3.8, 4) is 11.5 Å². The van der Waals surface area contributed by atoms with Gasteiger partial charge >= 0.3 is 5.97 Å². The molecule has 0 bridgehead atoms. The van der Waals surface area contributed by atoms with Crippen molar-refractivity contribution < 1.29 is 23.8 Å². The maximum Gasteiger partial charge on any atom is 0.343 e. The van der Waals surface area contributed by atoms with E-state index >= 15 is 0 Å². The van der Waals surface area contributed by atoms with E-state index in [0.717, 1.165) is 32.1 Å². The molecule has 0 saturated heterocycles. The molecule has 0 aromatic heterocycles. The number of carbonyl (C=O) groups is 2. The Kier molecular flexibility index (Phi) is 6.13. The highest BCUT2D eigenvalue weighted by Crippen LogP contribution is 2.46. The number of fused-ring (bicyclic) bond motifs is 3. The SMILES string of the molecule is CCOc1cc([C@@H]2CC(=O)Nc3ccc4ccccc4c32)c(Br)cc1OCC(=O)OC. The summed E-state index contributed by atoms with van der Waals surface area (Å²) in [6, 6.07) is 15.8. The van der Waals surface area contributed by atoms with Crippen molar-refractivity contribution in [3.63, 3.8) is 0 Å². The van der Waals surface area contributed by atoms with E-state index < -0.39 is 5.97 Å². The van der Waals surface area contributed by atoms with Crippen molar-refractivity contribution in [2.75, 3.05) is 25.6 Å². The number of rotatable bonds is 6. The summed E-state index contributed by atoms with van der Waals surface area (Å²) in [4.78, 5) is 24.0. The summed E-state index contributed by atoms with van der Waals surface area (Å²) in [6.07, 6.45) is 0.313. The van der Waals surface area contributed by atoms with Crippen molar-refractivity contribution in [1.29, 1.82) is 0 Å². The first-order chi connectivity index (χ1) is 15.0. The first-order valence-corrected chi connectivity index (χ1v) is 10.8. The van der Waals surface area contributed by atoms with Gasteiger partial charge in [-0.15, -0.1) is 0 Å². The van der Waals surface area contributed by atoms with Gasteiger partial charge in [-0.3, -0.25) is 4.79 Å². The fourth-order valence-electron chi connectivity index (χ4n) is 3.93. The topological polar surface area (TPSA) is 73.9 Å². The third-order valence-corrected chi connectivity index (χ3v) is 5.98. The number of benzene rings is 3. The number of esters is 1. The maximum atomic E-state index is 12.5. The smallest absolute Gasteiger partial charge is 0.343 e. The van der Waals surface area contributed by atoms with Crippen LogP contribution in [0.25, 0.3) is 10.8 Å². The predicted molar refractivity (Wildman–Crippen MR) is 122 cm³/mol. The molecule has 1 heterocycles. The summed E-state index contributed by atoms with van der Waals surface area (Å²) in [5.74, 6) is 0.257. The number of halogens is 1. The first kappa shape index (κ1) is 21.2. The van der Waals surface area contributed by atoms with E-state index in [2.05, 4.69) is 38.1 Å². The third kappa shape index (κ3) is 4.23. The molecule has 1 N–H and O–H groups in total. The van der Waals surface area contributed by atoms with Gasteiger partial charge in [0.1, 0.15) is 0 Å². The Hall–Kier alpha value is -3.06. The molecule has 3 aromatic rings. The quantitative estimate of drug-likeness (QED) is 0.497. The summed E-state index contributed by atoms with van der Waals surface area (Å²) in [5.41, 5.74) is 2.81. The fourth-order valence-corrected chi connectivity index (χ4v) is 4.53. The van der Waals surface area contributed by atoms with E-state index in [0.29, 0.717) is 24.5 Å². The largest absolute Gasteiger partial charge is 0.490 e. The summed E-state index contributed by atoms with van der Waals surface area (Å²) in [6.45, 7) is 2.09. The lowest BCUT2D eigenvalue weighted by molar-refractivity contribution is -0.142. The molecule has 1 atom stereocenters. The highest BCUT2D eigenvalue weighted by Gasteiger charge is 2.30. The summed E-state index contributed by atoms with van der Waals surface area (Å²) < 4.78 is 16.8. The van der Waals surface area contributed by atoms with E-state index in [1.807, 2.05) is 37.3 Å². The Labute approximate surface area is 188 Å². The van der Waals surface area contributed by atoms with Crippen LogP contribution in [0.1, 0.15) is 30.4 Å². The second-order valence-electron chi connectivity index (χ2n) is 7.17. The zero-order valence-corrected chi connectivity index (χ0v) is 18.8. The predicted octanol–water partition coefficient (Wildman–Crippen LogP) is 5.03. The second-order valence-corrected chi connectivity index (χ2v) is 8.03. The number of nitrogens with one attached hydrogen (secondary N) is 1. The van der Waals surface area contributed by atoms with Crippen LogP contribution >= 0.6 is 15.9 Å². The van der Waals surface area contributed by atoms with Crippen LogP contribution in [0.4, 0.5) is 5.69 Å². The minimum absolute atomic E-state index is 0.0383. The van der Waals surface area contributed by atoms with Crippen LogP contribution in [0.15, 0.2) is 53.0 Å². The average molecular weight is 484 g/mol. The Morgan fingerprint density at radius 3 is 2.68 bits per heavy atom. The second kappa shape index (κ2) is 8.98. The number of hydrogen-bond acceptors (Lipinski definition) is 5. The van der Waals surface area contributed by atoms with Gasteiger partial charge in [-0.25, -0.2) is 4.79 Å². The number of ether oxygens (including phenoxy) is 3. The van der Waals surface area contributed by atoms with Crippen molar-refractivity contribution >= 4 is 44.3 Å². The molecule has 1 aliphatic heterocycles. The zero-order chi connectivity index (χ0) is 22.0. The van der Waals surface area contributed by atoms with Gasteiger partial charge in [0, 0.05) is 22.5 Å². The lowest BCUT2D eigenvalue weighted by Crippen LogP contribution is -2.24. The monoisotopic (exact) mass is 483 g/mol. The van der Waals surface area contributed by atoms with Crippen molar-refractivity contribution in [3.05, 3.63) is 64.1 Å². The molecule has 1 aliphatic rings. The number of hydrogen-bond donors (Lipinski definition) is 1. The van der Waals surface area contributed by atoms with Crippen LogP contribution in [0.5, 0.6) is 11.5 Å². The van der Waals surface area contributed by atoms with E-state index in [-0.39, 0.29) is 18.4 Å². The number of methoxy groups -OCH3 is 1. The van der Waals surface area contributed by atoms with E-state index in [1.54, 1.807) is 6.07 Å². The van der Waals surface area contributed by atoms with Crippen LogP contribution < -0.4 is 14.8 Å². The first-order valence-electron chi connectivity index (χ1n) is 9.99. The van der Waals surface area contributed by atoms with Crippen LogP contribution in [-0.4, -0.2) is 32.2 Å². The summed E-state index contributed by atoms with van der Waals surface area (Å²) in [5, 5.41) is 5.21. The molecule has 0 saturated carbocycles. The molecule has 0 spiro atoms. The molecule has 1 amide bonds. The summed E-state index contributed by atoms with van der Waals surface area (Å²) >= 11 is 3.64. The highest BCUT2D eigenvalue weighted by atomic mass is 79.9. The molecule has 0 radical (unpaired) electrons. The molecule has 4 rings (SSSR count). The number of anilines is 1. The Morgan fingerprint density at radius 2 is 1.90 bits per heavy atom. The molecule has 0 fully saturated rings. The lowest BCUT2D eigenvalue weighted by atomic mass is 9.82. The average Bonchev–Trinajstić information content (AvgIpc) is 2.78. The molecular weight excluding hydrogens is 462 g/mol. The molecular formula is C24H22BrNO5. The van der Waals surface area contributed by atoms with Crippen LogP contribution in [0.3, 0.4) is 0 Å². The van der Waals surface area contributed by atoms with Crippen LogP contribution in [0.2, 0.25) is 0 Å². The normalized spacial score (nSPS) is 15.2. The Bertz CT molecular complexity index is 1160. The van der Waals surface area contributed by atoms with Gasteiger partial charge in [0.15, 0.2) is 18.1 Å². The molecule has 31 heavy (non-hydrogen) atoms. The van der Waals surface area contributed by atoms with Gasteiger partial charge in [0.25, 0.3) is 0 Å². The van der Waals surface area contributed by atoms with Crippen molar-refractivity contribution in [2.45, 2.75) is 19.3 Å². The van der Waals surface area contributed by atoms with E-state index in [1.165, 1.54) is 7.11 Å². The third-order valence-electron chi connectivity index (χ3n) is 5.29. The van der Waals surface area contributed by atoms with Crippen LogP contribution in [0, 0.1) is 0 Å². The van der Waals surface area contributed by atoms with Crippen LogP contribution in [-0.2, 0) is 14.3 Å². The molecule has 160 valence electrons. The number of carbonyl (C=O) groups excluding carboxylic acids is 2. The van der Waals surface area contributed by atoms with Gasteiger partial charge < -0.3 is 19.5 Å². The van der Waals surface area contributed by atoms with Gasteiger partial charge in [-0.1, -0.05) is 46.3 Å². The zero-order valence-electron chi connectivity index (χ0n) is 17.2. The number of amides is 1. The lowest BCUT2D eigenvalue weighted by Gasteiger charge is -2.29. The van der Waals surface area contributed by atoms with Gasteiger partial charge in [0.05, 0.1) is 13.7 Å². The minimum Gasteiger partial charge on any atom is -0.490 e. The Balaban J connectivity index is 1.83.